The second kappa shape index (κ2) is 7.43. The second-order valence-corrected chi connectivity index (χ2v) is 8.24. The van der Waals surface area contributed by atoms with E-state index in [1.807, 2.05) is 0 Å². The topological polar surface area (TPSA) is 99.3 Å². The molecule has 3 rings (SSSR count). The number of carbonyl (C=O) groups is 2. The highest BCUT2D eigenvalue weighted by atomic mass is 32.2. The molecule has 2 N–H and O–H groups in total. The van der Waals surface area contributed by atoms with Gasteiger partial charge in [0.1, 0.15) is 5.69 Å². The summed E-state index contributed by atoms with van der Waals surface area (Å²) in [5, 5.41) is 2.66. The number of ketones is 1. The summed E-state index contributed by atoms with van der Waals surface area (Å²) in [6.45, 7) is 2.46. The monoisotopic (exact) mass is 375 g/mol. The van der Waals surface area contributed by atoms with E-state index in [-0.39, 0.29) is 16.4 Å². The van der Waals surface area contributed by atoms with E-state index in [9.17, 15) is 18.0 Å². The van der Waals surface area contributed by atoms with E-state index in [2.05, 4.69) is 10.3 Å². The first-order chi connectivity index (χ1) is 12.4. The van der Waals surface area contributed by atoms with Crippen LogP contribution in [0.3, 0.4) is 0 Å². The van der Waals surface area contributed by atoms with Crippen molar-refractivity contribution in [1.82, 2.24) is 9.29 Å². The Balaban J connectivity index is 1.78. The van der Waals surface area contributed by atoms with Crippen molar-refractivity contribution in [2.24, 2.45) is 0 Å². The second-order valence-electron chi connectivity index (χ2n) is 6.30. The summed E-state index contributed by atoms with van der Waals surface area (Å²) >= 11 is 0. The highest BCUT2D eigenvalue weighted by Crippen LogP contribution is 2.23. The minimum Gasteiger partial charge on any atom is -0.356 e. The van der Waals surface area contributed by atoms with Gasteiger partial charge in [0.2, 0.25) is 10.0 Å². The summed E-state index contributed by atoms with van der Waals surface area (Å²) in [6.07, 6.45) is 4.23. The van der Waals surface area contributed by atoms with Gasteiger partial charge in [0.05, 0.1) is 4.90 Å². The first-order valence-corrected chi connectivity index (χ1v) is 9.93. The van der Waals surface area contributed by atoms with E-state index < -0.39 is 15.9 Å². The van der Waals surface area contributed by atoms with Crippen LogP contribution in [0, 0.1) is 0 Å². The van der Waals surface area contributed by atoms with E-state index in [1.165, 1.54) is 35.6 Å². The number of nitrogens with one attached hydrogen (secondary N) is 2. The van der Waals surface area contributed by atoms with E-state index in [0.717, 1.165) is 19.3 Å². The molecule has 1 fully saturated rings. The van der Waals surface area contributed by atoms with Crippen LogP contribution in [0.15, 0.2) is 41.4 Å². The van der Waals surface area contributed by atoms with Gasteiger partial charge in [-0.25, -0.2) is 8.42 Å². The summed E-state index contributed by atoms with van der Waals surface area (Å²) in [5.41, 5.74) is 1.03. The normalized spacial score (nSPS) is 15.6. The van der Waals surface area contributed by atoms with Gasteiger partial charge >= 0.3 is 0 Å². The van der Waals surface area contributed by atoms with Crippen molar-refractivity contribution in [2.45, 2.75) is 31.1 Å². The number of aromatic nitrogens is 1. The molecule has 1 aromatic heterocycles. The van der Waals surface area contributed by atoms with Gasteiger partial charge < -0.3 is 10.3 Å². The number of carbonyl (C=O) groups excluding carboxylic acids is 2. The van der Waals surface area contributed by atoms with Crippen LogP contribution in [-0.2, 0) is 10.0 Å². The van der Waals surface area contributed by atoms with Crippen LogP contribution < -0.4 is 5.32 Å². The zero-order chi connectivity index (χ0) is 18.7. The predicted octanol–water partition coefficient (Wildman–Crippen LogP) is 2.64. The Morgan fingerprint density at radius 3 is 2.50 bits per heavy atom. The Morgan fingerprint density at radius 2 is 1.85 bits per heavy atom. The maximum Gasteiger partial charge on any atom is 0.272 e. The highest BCUT2D eigenvalue weighted by Gasteiger charge is 2.26. The van der Waals surface area contributed by atoms with E-state index in [0.29, 0.717) is 24.3 Å². The number of H-pyrrole nitrogens is 1. The molecule has 1 aliphatic rings. The molecule has 0 atom stereocenters. The van der Waals surface area contributed by atoms with Crippen LogP contribution >= 0.6 is 0 Å². The van der Waals surface area contributed by atoms with Crippen molar-refractivity contribution in [1.29, 1.82) is 0 Å². The Hall–Kier alpha value is -2.45. The third-order valence-corrected chi connectivity index (χ3v) is 6.27. The Kier molecular flexibility index (Phi) is 5.24. The molecule has 138 valence electrons. The maximum absolute atomic E-state index is 12.7. The van der Waals surface area contributed by atoms with Gasteiger partial charge in [0.15, 0.2) is 5.78 Å². The number of benzene rings is 1. The molecule has 0 unspecified atom stereocenters. The van der Waals surface area contributed by atoms with Crippen LogP contribution in [0.4, 0.5) is 5.69 Å². The molecule has 1 aliphatic heterocycles. The number of aromatic amines is 1. The van der Waals surface area contributed by atoms with Gasteiger partial charge in [-0.2, -0.15) is 4.31 Å². The molecule has 2 heterocycles. The Morgan fingerprint density at radius 1 is 1.12 bits per heavy atom. The summed E-state index contributed by atoms with van der Waals surface area (Å²) in [5.74, 6) is -0.583. The number of hydrogen-bond acceptors (Lipinski definition) is 4. The average Bonchev–Trinajstić information content (AvgIpc) is 3.13. The molecule has 0 bridgehead atoms. The Bertz CT molecular complexity index is 927. The van der Waals surface area contributed by atoms with Crippen LogP contribution in [0.5, 0.6) is 0 Å². The molecular formula is C18H21N3O4S. The fourth-order valence-corrected chi connectivity index (χ4v) is 4.48. The van der Waals surface area contributed by atoms with E-state index in [1.54, 1.807) is 12.1 Å². The number of amides is 1. The number of anilines is 1. The minimum absolute atomic E-state index is 0.144. The fourth-order valence-electron chi connectivity index (χ4n) is 2.92. The molecule has 8 heteroatoms. The van der Waals surface area contributed by atoms with Crippen LogP contribution in [0.25, 0.3) is 0 Å². The largest absolute Gasteiger partial charge is 0.356 e. The maximum atomic E-state index is 12.7. The molecule has 0 spiro atoms. The van der Waals surface area contributed by atoms with Gasteiger partial charge in [-0.3, -0.25) is 9.59 Å². The molecule has 1 aromatic carbocycles. The average molecular weight is 375 g/mol. The van der Waals surface area contributed by atoms with Crippen molar-refractivity contribution in [3.05, 3.63) is 47.8 Å². The van der Waals surface area contributed by atoms with Gasteiger partial charge in [-0.05, 0) is 44.0 Å². The van der Waals surface area contributed by atoms with Gasteiger partial charge in [0, 0.05) is 30.5 Å². The van der Waals surface area contributed by atoms with Gasteiger partial charge in [0.25, 0.3) is 5.91 Å². The summed E-state index contributed by atoms with van der Waals surface area (Å²) in [4.78, 5) is 26.5. The van der Waals surface area contributed by atoms with E-state index in [4.69, 9.17) is 0 Å². The zero-order valence-corrected chi connectivity index (χ0v) is 15.3. The van der Waals surface area contributed by atoms with Crippen LogP contribution in [0.1, 0.15) is 47.0 Å². The highest BCUT2D eigenvalue weighted by molar-refractivity contribution is 7.89. The number of sulfonamides is 1. The van der Waals surface area contributed by atoms with Crippen molar-refractivity contribution < 1.29 is 18.0 Å². The molecular weight excluding hydrogens is 354 g/mol. The molecule has 26 heavy (non-hydrogen) atoms. The van der Waals surface area contributed by atoms with Crippen molar-refractivity contribution in [3.8, 4) is 0 Å². The molecule has 1 amide bonds. The minimum atomic E-state index is -3.56. The third kappa shape index (κ3) is 3.86. The molecule has 7 nitrogen and oxygen atoms in total. The molecule has 1 saturated heterocycles. The lowest BCUT2D eigenvalue weighted by atomic mass is 10.2. The predicted molar refractivity (Wildman–Crippen MR) is 97.8 cm³/mol. The number of nitrogens with zero attached hydrogens (tertiary/aromatic N) is 1. The van der Waals surface area contributed by atoms with Crippen LogP contribution in [-0.4, -0.2) is 42.5 Å². The molecule has 2 aromatic rings. The lowest BCUT2D eigenvalue weighted by Crippen LogP contribution is -2.35. The number of rotatable bonds is 5. The fraction of sp³-hybridized carbons (Fsp3) is 0.333. The summed E-state index contributed by atoms with van der Waals surface area (Å²) < 4.78 is 27.0. The Labute approximate surface area is 152 Å². The lowest BCUT2D eigenvalue weighted by Gasteiger charge is -2.26. The lowest BCUT2D eigenvalue weighted by molar-refractivity contribution is 0.101. The molecule has 0 aliphatic carbocycles. The summed E-state index contributed by atoms with van der Waals surface area (Å²) in [6, 6.07) is 7.68. The molecule has 0 radical (unpaired) electrons. The third-order valence-electron chi connectivity index (χ3n) is 4.38. The standard InChI is InChI=1S/C18H21N3O4S/c1-13(22)14-10-17(19-12-14)18(23)20-15-6-5-7-16(11-15)26(24,25)21-8-3-2-4-9-21/h5-7,10-12,19H,2-4,8-9H2,1H3,(H,20,23). The first-order valence-electron chi connectivity index (χ1n) is 8.49. The number of Topliss-reactive ketones (excluding diaryl/α,β-unsaturated/α-hetero) is 1. The smallest absolute Gasteiger partial charge is 0.272 e. The van der Waals surface area contributed by atoms with Crippen molar-refractivity contribution in [3.63, 3.8) is 0 Å². The van der Waals surface area contributed by atoms with Crippen molar-refractivity contribution in [2.75, 3.05) is 18.4 Å². The van der Waals surface area contributed by atoms with Crippen molar-refractivity contribution >= 4 is 27.4 Å². The summed E-state index contributed by atoms with van der Waals surface area (Å²) in [7, 11) is -3.56. The van der Waals surface area contributed by atoms with Gasteiger partial charge in [-0.15, -0.1) is 0 Å². The van der Waals surface area contributed by atoms with E-state index >= 15 is 0 Å². The zero-order valence-electron chi connectivity index (χ0n) is 14.5. The number of piperidine rings is 1. The molecule has 0 saturated carbocycles. The quantitative estimate of drug-likeness (QED) is 0.785. The van der Waals surface area contributed by atoms with Gasteiger partial charge in [-0.1, -0.05) is 12.5 Å². The SMILES string of the molecule is CC(=O)c1c[nH]c(C(=O)Nc2cccc(S(=O)(=O)N3CCCCC3)c2)c1. The first kappa shape index (κ1) is 18.3. The van der Waals surface area contributed by atoms with Crippen LogP contribution in [0.2, 0.25) is 0 Å². The number of hydrogen-bond donors (Lipinski definition) is 2.